The van der Waals surface area contributed by atoms with Crippen LogP contribution >= 0.6 is 0 Å². The lowest BCUT2D eigenvalue weighted by atomic mass is 10.2. The van der Waals surface area contributed by atoms with Gasteiger partial charge in [-0.25, -0.2) is 0 Å². The standard InChI is InChI=1S/C10H17N3O2/c1-6(2)13(7(3)4)10(15)9(12-11)8(5)14/h6-7H,1-5H3/p+1. The highest BCUT2D eigenvalue weighted by molar-refractivity contribution is 5.95. The molecule has 0 saturated carbocycles. The van der Waals surface area contributed by atoms with Crippen molar-refractivity contribution in [2.75, 3.05) is 0 Å². The third-order valence-electron chi connectivity index (χ3n) is 1.99. The van der Waals surface area contributed by atoms with Gasteiger partial charge in [-0.15, -0.1) is 0 Å². The maximum atomic E-state index is 11.9. The summed E-state index contributed by atoms with van der Waals surface area (Å²) < 4.78 is 0. The van der Waals surface area contributed by atoms with Gasteiger partial charge in [0.25, 0.3) is 0 Å². The molecule has 0 aromatic carbocycles. The number of diazo groups is 1. The van der Waals surface area contributed by atoms with Gasteiger partial charge >= 0.3 is 11.6 Å². The van der Waals surface area contributed by atoms with Gasteiger partial charge in [-0.05, 0) is 27.7 Å². The van der Waals surface area contributed by atoms with Crippen LogP contribution in [0.1, 0.15) is 34.6 Å². The van der Waals surface area contributed by atoms with Crippen LogP contribution in [0.4, 0.5) is 0 Å². The second kappa shape index (κ2) is 5.35. The predicted octanol–water partition coefficient (Wildman–Crippen LogP) is 2.27. The van der Waals surface area contributed by atoms with Gasteiger partial charge in [-0.3, -0.25) is 4.79 Å². The topological polar surface area (TPSA) is 68.7 Å². The molecule has 0 aromatic heterocycles. The van der Waals surface area contributed by atoms with Gasteiger partial charge in [0.1, 0.15) is 0 Å². The molecule has 0 unspecified atom stereocenters. The van der Waals surface area contributed by atoms with Gasteiger partial charge < -0.3 is 10.0 Å². The van der Waals surface area contributed by atoms with Gasteiger partial charge in [0.2, 0.25) is 5.39 Å². The summed E-state index contributed by atoms with van der Waals surface area (Å²) in [6, 6.07) is -0.0396. The van der Waals surface area contributed by atoms with Crippen molar-refractivity contribution in [2.24, 2.45) is 0 Å². The van der Waals surface area contributed by atoms with Gasteiger partial charge in [0, 0.05) is 19.0 Å². The Morgan fingerprint density at radius 3 is 1.87 bits per heavy atom. The summed E-state index contributed by atoms with van der Waals surface area (Å²) in [6.07, 6.45) is 0. The molecule has 5 nitrogen and oxygen atoms in total. The van der Waals surface area contributed by atoms with E-state index in [9.17, 15) is 9.90 Å². The highest BCUT2D eigenvalue weighted by Gasteiger charge is 2.34. The lowest BCUT2D eigenvalue weighted by Crippen LogP contribution is -2.42. The molecule has 0 saturated heterocycles. The van der Waals surface area contributed by atoms with Crippen molar-refractivity contribution in [1.82, 2.24) is 4.90 Å². The van der Waals surface area contributed by atoms with Crippen LogP contribution in [0.5, 0.6) is 0 Å². The second-order valence-corrected chi connectivity index (χ2v) is 3.93. The van der Waals surface area contributed by atoms with Crippen molar-refractivity contribution in [3.63, 3.8) is 0 Å². The molecule has 0 aromatic rings. The smallest absolute Gasteiger partial charge is 0.485 e. The number of aliphatic hydroxyl groups excluding tert-OH is 1. The third kappa shape index (κ3) is 3.24. The average Bonchev–Trinajstić information content (AvgIpc) is 2.02. The maximum Gasteiger partial charge on any atom is 0.485 e. The number of carbonyl (C=O) groups excluding carboxylic acids is 1. The minimum Gasteiger partial charge on any atom is -0.505 e. The summed E-state index contributed by atoms with van der Waals surface area (Å²) in [6.45, 7) is 8.75. The molecule has 0 aliphatic rings. The Balaban J connectivity index is 5.14. The monoisotopic (exact) mass is 212 g/mol. The van der Waals surface area contributed by atoms with Gasteiger partial charge in [0.15, 0.2) is 10.7 Å². The fraction of sp³-hybridized carbons (Fsp3) is 0.700. The van der Waals surface area contributed by atoms with Crippen molar-refractivity contribution < 1.29 is 9.90 Å². The minimum atomic E-state index is -0.470. The van der Waals surface area contributed by atoms with Crippen LogP contribution in [0.25, 0.3) is 4.98 Å². The number of amides is 1. The third-order valence-corrected chi connectivity index (χ3v) is 1.99. The highest BCUT2D eigenvalue weighted by atomic mass is 16.3. The van der Waals surface area contributed by atoms with E-state index >= 15 is 0 Å². The molecule has 1 N–H and O–H groups in total. The first-order valence-corrected chi connectivity index (χ1v) is 4.90. The predicted molar refractivity (Wildman–Crippen MR) is 57.5 cm³/mol. The van der Waals surface area contributed by atoms with E-state index in [0.29, 0.717) is 0 Å². The zero-order chi connectivity index (χ0) is 12.2. The van der Waals surface area contributed by atoms with Crippen molar-refractivity contribution in [3.8, 4) is 0 Å². The van der Waals surface area contributed by atoms with Crippen LogP contribution in [0.3, 0.4) is 0 Å². The van der Waals surface area contributed by atoms with Crippen LogP contribution < -0.4 is 0 Å². The Kier molecular flexibility index (Phi) is 4.79. The molecule has 0 aliphatic carbocycles. The Morgan fingerprint density at radius 2 is 1.67 bits per heavy atom. The second-order valence-electron chi connectivity index (χ2n) is 3.93. The molecule has 0 bridgehead atoms. The summed E-state index contributed by atoms with van der Waals surface area (Å²) in [4.78, 5) is 16.2. The maximum absolute atomic E-state index is 11.9. The molecule has 0 spiro atoms. The highest BCUT2D eigenvalue weighted by Crippen LogP contribution is 2.13. The molecular weight excluding hydrogens is 194 g/mol. The molecule has 1 amide bonds. The summed E-state index contributed by atoms with van der Waals surface area (Å²) in [5.74, 6) is -0.753. The fourth-order valence-corrected chi connectivity index (χ4v) is 1.46. The van der Waals surface area contributed by atoms with Crippen molar-refractivity contribution in [2.45, 2.75) is 46.7 Å². The van der Waals surface area contributed by atoms with Crippen molar-refractivity contribution in [1.29, 1.82) is 5.39 Å². The molecule has 15 heavy (non-hydrogen) atoms. The fourth-order valence-electron chi connectivity index (χ4n) is 1.46. The molecule has 0 rings (SSSR count). The van der Waals surface area contributed by atoms with Gasteiger partial charge in [0.05, 0.1) is 0 Å². The Hall–Kier alpha value is -1.57. The van der Waals surface area contributed by atoms with E-state index < -0.39 is 5.91 Å². The van der Waals surface area contributed by atoms with E-state index in [-0.39, 0.29) is 23.5 Å². The van der Waals surface area contributed by atoms with E-state index in [2.05, 4.69) is 4.98 Å². The quantitative estimate of drug-likeness (QED) is 0.443. The van der Waals surface area contributed by atoms with E-state index in [1.54, 1.807) is 0 Å². The Labute approximate surface area is 90.0 Å². The first-order chi connectivity index (χ1) is 6.82. The summed E-state index contributed by atoms with van der Waals surface area (Å²) in [5.41, 5.74) is -0.308. The summed E-state index contributed by atoms with van der Waals surface area (Å²) >= 11 is 0. The number of hydrogen-bond donors (Lipinski definition) is 1. The van der Waals surface area contributed by atoms with Crippen LogP contribution in [-0.2, 0) is 4.79 Å². The first-order valence-electron chi connectivity index (χ1n) is 4.90. The Morgan fingerprint density at radius 1 is 1.27 bits per heavy atom. The molecule has 0 aliphatic heterocycles. The van der Waals surface area contributed by atoms with E-state index in [1.807, 2.05) is 27.7 Å². The summed E-state index contributed by atoms with van der Waals surface area (Å²) in [7, 11) is 0. The lowest BCUT2D eigenvalue weighted by Gasteiger charge is -2.28. The molecule has 84 valence electrons. The number of rotatable bonds is 3. The van der Waals surface area contributed by atoms with Gasteiger partial charge in [-0.2, -0.15) is 0 Å². The zero-order valence-corrected chi connectivity index (χ0v) is 9.85. The van der Waals surface area contributed by atoms with E-state index in [1.165, 1.54) is 11.8 Å². The average molecular weight is 212 g/mol. The number of aliphatic hydroxyl groups is 1. The van der Waals surface area contributed by atoms with Crippen LogP contribution in [0, 0.1) is 5.39 Å². The van der Waals surface area contributed by atoms with Crippen molar-refractivity contribution >= 4 is 5.91 Å². The first kappa shape index (κ1) is 13.4. The normalized spacial score (nSPS) is 12.4. The molecule has 0 atom stereocenters. The summed E-state index contributed by atoms with van der Waals surface area (Å²) in [5, 5.41) is 17.8. The molecular formula is C10H18N3O2+. The number of carbonyl (C=O) groups is 1. The number of hydrogen-bond acceptors (Lipinski definition) is 3. The molecule has 0 radical (unpaired) electrons. The minimum absolute atomic E-state index is 0.0198. The Bertz CT molecular complexity index is 301. The SMILES string of the molecule is C/C(O)=C(\[N+]#N)C(=O)N(C(C)C)C(C)C. The van der Waals surface area contributed by atoms with Crippen LogP contribution in [-0.4, -0.2) is 28.0 Å². The molecule has 0 fully saturated rings. The number of allylic oxidation sites excluding steroid dienone is 1. The molecule has 5 heteroatoms. The lowest BCUT2D eigenvalue weighted by molar-refractivity contribution is -0.130. The van der Waals surface area contributed by atoms with Crippen molar-refractivity contribution in [3.05, 3.63) is 16.4 Å². The zero-order valence-electron chi connectivity index (χ0n) is 9.85. The van der Waals surface area contributed by atoms with E-state index in [4.69, 9.17) is 5.39 Å². The van der Waals surface area contributed by atoms with Crippen LogP contribution in [0.15, 0.2) is 11.5 Å². The molecule has 0 heterocycles. The van der Waals surface area contributed by atoms with Gasteiger partial charge in [-0.1, -0.05) is 0 Å². The number of nitrogens with zero attached hydrogens (tertiary/aromatic N) is 3. The van der Waals surface area contributed by atoms with Crippen LogP contribution in [0.2, 0.25) is 0 Å². The largest absolute Gasteiger partial charge is 0.505 e. The van der Waals surface area contributed by atoms with E-state index in [0.717, 1.165) is 0 Å².